The zero-order valence-corrected chi connectivity index (χ0v) is 11.9. The summed E-state index contributed by atoms with van der Waals surface area (Å²) in [7, 11) is 2.04. The summed E-state index contributed by atoms with van der Waals surface area (Å²) >= 11 is 1.78. The molecular formula is C14H19N3S. The Labute approximate surface area is 113 Å². The van der Waals surface area contributed by atoms with Crippen molar-refractivity contribution in [2.75, 3.05) is 5.75 Å². The molecule has 2 rings (SSSR count). The van der Waals surface area contributed by atoms with Crippen molar-refractivity contribution in [2.45, 2.75) is 25.4 Å². The van der Waals surface area contributed by atoms with E-state index >= 15 is 0 Å². The first-order chi connectivity index (χ1) is 8.66. The standard InChI is InChI=1S/C14H19N3S/c1-11(2)10-18-14-16-15-13(17(14)3)9-12-7-5-4-6-8-12/h4-8,11H,9-10H2,1-3H3. The van der Waals surface area contributed by atoms with Crippen LogP contribution in [0.5, 0.6) is 0 Å². The van der Waals surface area contributed by atoms with Gasteiger partial charge in [-0.15, -0.1) is 10.2 Å². The van der Waals surface area contributed by atoms with Gasteiger partial charge in [-0.1, -0.05) is 55.9 Å². The molecule has 0 radical (unpaired) electrons. The topological polar surface area (TPSA) is 30.7 Å². The maximum Gasteiger partial charge on any atom is 0.190 e. The summed E-state index contributed by atoms with van der Waals surface area (Å²) in [5.74, 6) is 2.77. The fourth-order valence-corrected chi connectivity index (χ4v) is 2.52. The molecule has 1 aromatic heterocycles. The molecule has 18 heavy (non-hydrogen) atoms. The highest BCUT2D eigenvalue weighted by molar-refractivity contribution is 7.99. The van der Waals surface area contributed by atoms with Gasteiger partial charge in [0.25, 0.3) is 0 Å². The summed E-state index contributed by atoms with van der Waals surface area (Å²) in [6.07, 6.45) is 0.840. The van der Waals surface area contributed by atoms with Crippen molar-refractivity contribution >= 4 is 11.8 Å². The highest BCUT2D eigenvalue weighted by Crippen LogP contribution is 2.19. The van der Waals surface area contributed by atoms with Gasteiger partial charge in [-0.2, -0.15) is 0 Å². The first kappa shape index (κ1) is 13.1. The minimum absolute atomic E-state index is 0.671. The van der Waals surface area contributed by atoms with Crippen molar-refractivity contribution in [2.24, 2.45) is 13.0 Å². The fourth-order valence-electron chi connectivity index (χ4n) is 1.64. The molecule has 0 amide bonds. The van der Waals surface area contributed by atoms with Crippen LogP contribution in [-0.4, -0.2) is 20.5 Å². The van der Waals surface area contributed by atoms with Gasteiger partial charge in [-0.3, -0.25) is 0 Å². The summed E-state index contributed by atoms with van der Waals surface area (Å²) < 4.78 is 2.10. The molecule has 3 nitrogen and oxygen atoms in total. The molecular weight excluding hydrogens is 242 g/mol. The highest BCUT2D eigenvalue weighted by atomic mass is 32.2. The van der Waals surface area contributed by atoms with Gasteiger partial charge in [0, 0.05) is 19.2 Å². The van der Waals surface area contributed by atoms with E-state index in [1.54, 1.807) is 11.8 Å². The molecule has 0 spiro atoms. The third-order valence-electron chi connectivity index (χ3n) is 2.68. The van der Waals surface area contributed by atoms with Crippen LogP contribution < -0.4 is 0 Å². The van der Waals surface area contributed by atoms with Gasteiger partial charge in [0.05, 0.1) is 0 Å². The van der Waals surface area contributed by atoms with Gasteiger partial charge in [-0.05, 0) is 11.5 Å². The molecule has 4 heteroatoms. The van der Waals surface area contributed by atoms with E-state index in [-0.39, 0.29) is 0 Å². The van der Waals surface area contributed by atoms with Crippen molar-refractivity contribution in [3.05, 3.63) is 41.7 Å². The van der Waals surface area contributed by atoms with E-state index in [0.717, 1.165) is 23.2 Å². The predicted molar refractivity (Wildman–Crippen MR) is 75.8 cm³/mol. The van der Waals surface area contributed by atoms with E-state index in [4.69, 9.17) is 0 Å². The Morgan fingerprint density at radius 1 is 1.17 bits per heavy atom. The van der Waals surface area contributed by atoms with Crippen LogP contribution in [0.3, 0.4) is 0 Å². The van der Waals surface area contributed by atoms with Crippen molar-refractivity contribution < 1.29 is 0 Å². The molecule has 0 aliphatic carbocycles. The second kappa shape index (κ2) is 6.05. The van der Waals surface area contributed by atoms with E-state index in [1.165, 1.54) is 5.56 Å². The van der Waals surface area contributed by atoms with Gasteiger partial charge < -0.3 is 4.57 Å². The molecule has 0 fully saturated rings. The number of aromatic nitrogens is 3. The lowest BCUT2D eigenvalue weighted by atomic mass is 10.1. The average Bonchev–Trinajstić information content (AvgIpc) is 2.70. The molecule has 0 N–H and O–H groups in total. The van der Waals surface area contributed by atoms with Crippen LogP contribution >= 0.6 is 11.8 Å². The zero-order valence-electron chi connectivity index (χ0n) is 11.1. The second-order valence-electron chi connectivity index (χ2n) is 4.83. The van der Waals surface area contributed by atoms with Crippen LogP contribution in [0.1, 0.15) is 25.2 Å². The number of benzene rings is 1. The molecule has 2 aromatic rings. The van der Waals surface area contributed by atoms with E-state index < -0.39 is 0 Å². The molecule has 0 aliphatic heterocycles. The maximum absolute atomic E-state index is 4.28. The molecule has 0 atom stereocenters. The van der Waals surface area contributed by atoms with E-state index in [0.29, 0.717) is 5.92 Å². The largest absolute Gasteiger partial charge is 0.309 e. The Hall–Kier alpha value is -1.29. The smallest absolute Gasteiger partial charge is 0.190 e. The Bertz CT molecular complexity index is 491. The quantitative estimate of drug-likeness (QED) is 0.775. The van der Waals surface area contributed by atoms with Crippen LogP contribution in [0.4, 0.5) is 0 Å². The van der Waals surface area contributed by atoms with Crippen molar-refractivity contribution in [3.8, 4) is 0 Å². The molecule has 0 saturated heterocycles. The third kappa shape index (κ3) is 3.35. The Morgan fingerprint density at radius 2 is 1.89 bits per heavy atom. The summed E-state index contributed by atoms with van der Waals surface area (Å²) in [4.78, 5) is 0. The normalized spacial score (nSPS) is 11.1. The highest BCUT2D eigenvalue weighted by Gasteiger charge is 2.10. The summed E-state index contributed by atoms with van der Waals surface area (Å²) in [5.41, 5.74) is 1.27. The monoisotopic (exact) mass is 261 g/mol. The van der Waals surface area contributed by atoms with Crippen LogP contribution in [-0.2, 0) is 13.5 Å². The van der Waals surface area contributed by atoms with E-state index in [1.807, 2.05) is 13.1 Å². The van der Waals surface area contributed by atoms with Crippen LogP contribution in [0.2, 0.25) is 0 Å². The maximum atomic E-state index is 4.28. The van der Waals surface area contributed by atoms with Crippen molar-refractivity contribution in [1.29, 1.82) is 0 Å². The Kier molecular flexibility index (Phi) is 4.42. The first-order valence-corrected chi connectivity index (χ1v) is 7.20. The fraction of sp³-hybridized carbons (Fsp3) is 0.429. The zero-order chi connectivity index (χ0) is 13.0. The number of thioether (sulfide) groups is 1. The average molecular weight is 261 g/mol. The minimum Gasteiger partial charge on any atom is -0.309 e. The van der Waals surface area contributed by atoms with Gasteiger partial charge in [0.15, 0.2) is 5.16 Å². The Balaban J connectivity index is 2.06. The van der Waals surface area contributed by atoms with Gasteiger partial charge in [0.1, 0.15) is 5.82 Å². The van der Waals surface area contributed by atoms with Crippen molar-refractivity contribution in [3.63, 3.8) is 0 Å². The van der Waals surface area contributed by atoms with E-state index in [9.17, 15) is 0 Å². The molecule has 0 aliphatic rings. The van der Waals surface area contributed by atoms with Gasteiger partial charge >= 0.3 is 0 Å². The summed E-state index contributed by atoms with van der Waals surface area (Å²) in [6.45, 7) is 4.43. The van der Waals surface area contributed by atoms with Crippen LogP contribution in [0.25, 0.3) is 0 Å². The first-order valence-electron chi connectivity index (χ1n) is 6.22. The lowest BCUT2D eigenvalue weighted by Gasteiger charge is -2.05. The SMILES string of the molecule is CC(C)CSc1nnc(Cc2ccccc2)n1C. The van der Waals surface area contributed by atoms with Crippen LogP contribution in [0, 0.1) is 5.92 Å². The van der Waals surface area contributed by atoms with E-state index in [2.05, 4.69) is 52.9 Å². The van der Waals surface area contributed by atoms with Gasteiger partial charge in [0.2, 0.25) is 0 Å². The number of hydrogen-bond donors (Lipinski definition) is 0. The lowest BCUT2D eigenvalue weighted by Crippen LogP contribution is -2.01. The van der Waals surface area contributed by atoms with Gasteiger partial charge in [-0.25, -0.2) is 0 Å². The molecule has 0 unspecified atom stereocenters. The van der Waals surface area contributed by atoms with Crippen molar-refractivity contribution in [1.82, 2.24) is 14.8 Å². The second-order valence-corrected chi connectivity index (χ2v) is 5.81. The third-order valence-corrected chi connectivity index (χ3v) is 4.12. The summed E-state index contributed by atoms with van der Waals surface area (Å²) in [6, 6.07) is 10.4. The Morgan fingerprint density at radius 3 is 2.56 bits per heavy atom. The number of rotatable bonds is 5. The predicted octanol–water partition coefficient (Wildman–Crippen LogP) is 3.15. The molecule has 1 heterocycles. The van der Waals surface area contributed by atoms with Crippen LogP contribution in [0.15, 0.2) is 35.5 Å². The summed E-state index contributed by atoms with van der Waals surface area (Å²) in [5, 5.41) is 9.55. The number of nitrogens with zero attached hydrogens (tertiary/aromatic N) is 3. The molecule has 1 aromatic carbocycles. The molecule has 0 saturated carbocycles. The molecule has 96 valence electrons. The number of hydrogen-bond acceptors (Lipinski definition) is 3. The minimum atomic E-state index is 0.671. The lowest BCUT2D eigenvalue weighted by molar-refractivity contribution is 0.728. The molecule has 0 bridgehead atoms.